The summed E-state index contributed by atoms with van der Waals surface area (Å²) in [6, 6.07) is 14.8. The van der Waals surface area contributed by atoms with Gasteiger partial charge in [-0.05, 0) is 55.3 Å². The Kier molecular flexibility index (Phi) is 6.31. The monoisotopic (exact) mass is 399 g/mol. The predicted molar refractivity (Wildman–Crippen MR) is 107 cm³/mol. The second-order valence-corrected chi connectivity index (χ2v) is 6.98. The summed E-state index contributed by atoms with van der Waals surface area (Å²) < 4.78 is 11.2. The molecule has 2 aromatic carbocycles. The summed E-state index contributed by atoms with van der Waals surface area (Å²) in [5, 5.41) is 4.61. The molecule has 0 fully saturated rings. The number of aromatic nitrogens is 2. The van der Waals surface area contributed by atoms with E-state index >= 15 is 0 Å². The van der Waals surface area contributed by atoms with Crippen LogP contribution in [0.1, 0.15) is 24.8 Å². The average molecular weight is 400 g/mol. The lowest BCUT2D eigenvalue weighted by molar-refractivity contribution is -0.138. The Morgan fingerprint density at radius 2 is 2.00 bits per heavy atom. The van der Waals surface area contributed by atoms with Gasteiger partial charge in [-0.1, -0.05) is 35.8 Å². The highest BCUT2D eigenvalue weighted by Gasteiger charge is 2.24. The Morgan fingerprint density at radius 3 is 2.68 bits per heavy atom. The van der Waals surface area contributed by atoms with E-state index in [2.05, 4.69) is 10.1 Å². The van der Waals surface area contributed by atoms with Crippen molar-refractivity contribution in [3.8, 4) is 17.1 Å². The van der Waals surface area contributed by atoms with E-state index in [0.29, 0.717) is 28.9 Å². The molecule has 0 saturated heterocycles. The molecule has 7 heteroatoms. The Bertz CT molecular complexity index is 940. The van der Waals surface area contributed by atoms with E-state index in [1.165, 1.54) is 4.90 Å². The molecule has 1 amide bonds. The summed E-state index contributed by atoms with van der Waals surface area (Å²) in [6.07, 6.45) is -0.0257. The van der Waals surface area contributed by atoms with Gasteiger partial charge in [0, 0.05) is 17.6 Å². The minimum atomic E-state index is -0.578. The molecule has 0 bridgehead atoms. The molecule has 0 unspecified atom stereocenters. The standard InChI is InChI=1S/C21H22ClN3O3/c1-4-18(27-17-7-5-6-14(2)12-17)21(26)25(3)13-19-23-20(24-28-19)15-8-10-16(22)11-9-15/h5-12,18H,4,13H2,1-3H3/t18-/m1/s1. The predicted octanol–water partition coefficient (Wildman–Crippen LogP) is 4.51. The maximum atomic E-state index is 12.8. The lowest BCUT2D eigenvalue weighted by Gasteiger charge is -2.22. The van der Waals surface area contributed by atoms with Crippen LogP contribution in [0.15, 0.2) is 53.1 Å². The lowest BCUT2D eigenvalue weighted by Crippen LogP contribution is -2.39. The van der Waals surface area contributed by atoms with Gasteiger partial charge in [-0.2, -0.15) is 4.98 Å². The third kappa shape index (κ3) is 4.89. The molecule has 0 spiro atoms. The van der Waals surface area contributed by atoms with Crippen LogP contribution in [0, 0.1) is 6.92 Å². The van der Waals surface area contributed by atoms with Gasteiger partial charge in [0.1, 0.15) is 5.75 Å². The van der Waals surface area contributed by atoms with E-state index in [1.807, 2.05) is 50.2 Å². The van der Waals surface area contributed by atoms with Crippen molar-refractivity contribution in [2.75, 3.05) is 7.05 Å². The van der Waals surface area contributed by atoms with Crippen LogP contribution < -0.4 is 4.74 Å². The van der Waals surface area contributed by atoms with Crippen molar-refractivity contribution in [1.82, 2.24) is 15.0 Å². The number of benzene rings is 2. The van der Waals surface area contributed by atoms with Gasteiger partial charge in [0.15, 0.2) is 6.10 Å². The largest absolute Gasteiger partial charge is 0.481 e. The Hall–Kier alpha value is -2.86. The first-order valence-electron chi connectivity index (χ1n) is 9.03. The topological polar surface area (TPSA) is 68.5 Å². The van der Waals surface area contributed by atoms with Gasteiger partial charge in [-0.3, -0.25) is 4.79 Å². The molecule has 3 rings (SSSR count). The molecule has 146 valence electrons. The van der Waals surface area contributed by atoms with Crippen molar-refractivity contribution in [3.05, 3.63) is 65.0 Å². The number of rotatable bonds is 7. The summed E-state index contributed by atoms with van der Waals surface area (Å²) in [4.78, 5) is 18.7. The van der Waals surface area contributed by atoms with Crippen LogP contribution >= 0.6 is 11.6 Å². The van der Waals surface area contributed by atoms with Crippen LogP contribution in [-0.2, 0) is 11.3 Å². The van der Waals surface area contributed by atoms with Gasteiger partial charge in [0.2, 0.25) is 11.7 Å². The molecule has 1 atom stereocenters. The minimum Gasteiger partial charge on any atom is -0.481 e. The summed E-state index contributed by atoms with van der Waals surface area (Å²) in [5.41, 5.74) is 1.87. The molecule has 0 saturated carbocycles. The molecular weight excluding hydrogens is 378 g/mol. The number of aryl methyl sites for hydroxylation is 1. The number of ether oxygens (including phenoxy) is 1. The third-order valence-corrected chi connectivity index (χ3v) is 4.49. The Labute approximate surface area is 169 Å². The number of carbonyl (C=O) groups is 1. The summed E-state index contributed by atoms with van der Waals surface area (Å²) >= 11 is 5.90. The van der Waals surface area contributed by atoms with Gasteiger partial charge in [-0.15, -0.1) is 0 Å². The highest BCUT2D eigenvalue weighted by atomic mass is 35.5. The van der Waals surface area contributed by atoms with Gasteiger partial charge < -0.3 is 14.2 Å². The van der Waals surface area contributed by atoms with Gasteiger partial charge in [-0.25, -0.2) is 0 Å². The van der Waals surface area contributed by atoms with Crippen LogP contribution in [0.4, 0.5) is 0 Å². The zero-order valence-electron chi connectivity index (χ0n) is 16.1. The van der Waals surface area contributed by atoms with Crippen LogP contribution in [-0.4, -0.2) is 34.1 Å². The quantitative estimate of drug-likeness (QED) is 0.584. The van der Waals surface area contributed by atoms with Crippen LogP contribution in [0.25, 0.3) is 11.4 Å². The number of hydrogen-bond donors (Lipinski definition) is 0. The fraction of sp³-hybridized carbons (Fsp3) is 0.286. The van der Waals surface area contributed by atoms with Crippen molar-refractivity contribution < 1.29 is 14.1 Å². The van der Waals surface area contributed by atoms with E-state index in [1.54, 1.807) is 19.2 Å². The van der Waals surface area contributed by atoms with Gasteiger partial charge in [0.05, 0.1) is 6.54 Å². The first-order chi connectivity index (χ1) is 13.5. The van der Waals surface area contributed by atoms with Gasteiger partial charge in [0.25, 0.3) is 5.91 Å². The first-order valence-corrected chi connectivity index (χ1v) is 9.41. The molecule has 1 aromatic heterocycles. The SMILES string of the molecule is CC[C@@H](Oc1cccc(C)c1)C(=O)N(C)Cc1nc(-c2ccc(Cl)cc2)no1. The van der Waals surface area contributed by atoms with E-state index < -0.39 is 6.10 Å². The highest BCUT2D eigenvalue weighted by molar-refractivity contribution is 6.30. The van der Waals surface area contributed by atoms with Crippen LogP contribution in [0.5, 0.6) is 5.75 Å². The van der Waals surface area contributed by atoms with E-state index in [-0.39, 0.29) is 12.5 Å². The maximum absolute atomic E-state index is 12.8. The number of likely N-dealkylation sites (N-methyl/N-ethyl adjacent to an activating group) is 1. The van der Waals surface area contributed by atoms with Crippen molar-refractivity contribution >= 4 is 17.5 Å². The second-order valence-electron chi connectivity index (χ2n) is 6.54. The van der Waals surface area contributed by atoms with Crippen LogP contribution in [0.3, 0.4) is 0 Å². The number of hydrogen-bond acceptors (Lipinski definition) is 5. The first kappa shape index (κ1) is 19.9. The fourth-order valence-electron chi connectivity index (χ4n) is 2.72. The van der Waals surface area contributed by atoms with Crippen molar-refractivity contribution in [2.24, 2.45) is 0 Å². The molecule has 28 heavy (non-hydrogen) atoms. The second kappa shape index (κ2) is 8.89. The molecule has 1 heterocycles. The smallest absolute Gasteiger partial charge is 0.263 e. The van der Waals surface area contributed by atoms with Crippen molar-refractivity contribution in [2.45, 2.75) is 32.9 Å². The van der Waals surface area contributed by atoms with Crippen LogP contribution in [0.2, 0.25) is 5.02 Å². The zero-order chi connectivity index (χ0) is 20.1. The molecular formula is C21H22ClN3O3. The number of carbonyl (C=O) groups excluding carboxylic acids is 1. The zero-order valence-corrected chi connectivity index (χ0v) is 16.8. The van der Waals surface area contributed by atoms with E-state index in [4.69, 9.17) is 20.9 Å². The molecule has 0 aliphatic carbocycles. The van der Waals surface area contributed by atoms with Crippen molar-refractivity contribution in [3.63, 3.8) is 0 Å². The normalized spacial score (nSPS) is 11.9. The lowest BCUT2D eigenvalue weighted by atomic mass is 10.2. The Morgan fingerprint density at radius 1 is 1.25 bits per heavy atom. The highest BCUT2D eigenvalue weighted by Crippen LogP contribution is 2.20. The number of amides is 1. The molecule has 0 aliphatic heterocycles. The molecule has 0 aliphatic rings. The van der Waals surface area contributed by atoms with E-state index in [9.17, 15) is 4.79 Å². The average Bonchev–Trinajstić information content (AvgIpc) is 3.14. The Balaban J connectivity index is 1.65. The maximum Gasteiger partial charge on any atom is 0.263 e. The molecule has 3 aromatic rings. The summed E-state index contributed by atoms with van der Waals surface area (Å²) in [5.74, 6) is 1.34. The van der Waals surface area contributed by atoms with Crippen molar-refractivity contribution in [1.29, 1.82) is 0 Å². The molecule has 6 nitrogen and oxygen atoms in total. The molecule has 0 N–H and O–H groups in total. The fourth-order valence-corrected chi connectivity index (χ4v) is 2.85. The third-order valence-electron chi connectivity index (χ3n) is 4.23. The van der Waals surface area contributed by atoms with Gasteiger partial charge >= 0.3 is 0 Å². The number of nitrogens with zero attached hydrogens (tertiary/aromatic N) is 3. The summed E-state index contributed by atoms with van der Waals surface area (Å²) in [7, 11) is 1.69. The minimum absolute atomic E-state index is 0.143. The summed E-state index contributed by atoms with van der Waals surface area (Å²) in [6.45, 7) is 4.10. The number of halogens is 1. The van der Waals surface area contributed by atoms with E-state index in [0.717, 1.165) is 11.1 Å². The molecule has 0 radical (unpaired) electrons.